The Hall–Kier alpha value is -3.26. The van der Waals surface area contributed by atoms with E-state index in [1.54, 1.807) is 0 Å². The predicted octanol–water partition coefficient (Wildman–Crippen LogP) is 5.79. The van der Waals surface area contributed by atoms with E-state index < -0.39 is 62.5 Å². The highest BCUT2D eigenvalue weighted by molar-refractivity contribution is 8.45. The summed E-state index contributed by atoms with van der Waals surface area (Å²) in [6.07, 6.45) is 0.839. The molecule has 0 saturated carbocycles. The van der Waals surface area contributed by atoms with Crippen LogP contribution < -0.4 is 5.32 Å². The zero-order valence-corrected chi connectivity index (χ0v) is 18.5. The molecule has 1 saturated heterocycles. The molecule has 0 bridgehead atoms. The summed E-state index contributed by atoms with van der Waals surface area (Å²) in [5, 5.41) is 15.1. The lowest BCUT2D eigenvalue weighted by molar-refractivity contribution is -0.152. The van der Waals surface area contributed by atoms with Crippen LogP contribution in [0, 0.1) is 11.6 Å². The van der Waals surface area contributed by atoms with Crippen molar-refractivity contribution in [2.75, 3.05) is 11.9 Å². The van der Waals surface area contributed by atoms with E-state index in [1.807, 2.05) is 0 Å². The fraction of sp³-hybridized carbons (Fsp3) is 0.238. The lowest BCUT2D eigenvalue weighted by Crippen LogP contribution is -2.55. The fourth-order valence-electron chi connectivity index (χ4n) is 4.04. The van der Waals surface area contributed by atoms with Gasteiger partial charge in [0.25, 0.3) is 11.8 Å². The summed E-state index contributed by atoms with van der Waals surface area (Å²) in [5.41, 5.74) is -1.27. The molecule has 2 aliphatic heterocycles. The average Bonchev–Trinajstić information content (AvgIpc) is 3.23. The van der Waals surface area contributed by atoms with Gasteiger partial charge in [-0.15, -0.1) is 0 Å². The molecule has 1 fully saturated rings. The normalized spacial score (nSPS) is 20.9. The highest BCUT2D eigenvalue weighted by atomic mass is 32.5. The number of carbonyl (C=O) groups is 2. The first-order chi connectivity index (χ1) is 16.1. The maximum Gasteiger partial charge on any atom is 0.310 e. The van der Waals surface area contributed by atoms with Crippen molar-refractivity contribution in [2.24, 2.45) is 0 Å². The molecule has 0 aromatic heterocycles. The van der Waals surface area contributed by atoms with Crippen LogP contribution in [0.2, 0.25) is 0 Å². The van der Waals surface area contributed by atoms with Gasteiger partial charge < -0.3 is 10.4 Å². The first-order valence-electron chi connectivity index (χ1n) is 10.2. The van der Waals surface area contributed by atoms with Crippen LogP contribution in [0.1, 0.15) is 18.4 Å². The van der Waals surface area contributed by atoms with E-state index in [9.17, 15) is 42.9 Å². The largest absolute Gasteiger partial charge is 0.510 e. The smallest absolute Gasteiger partial charge is 0.310 e. The van der Waals surface area contributed by atoms with Gasteiger partial charge in [-0.2, -0.15) is 0 Å². The fourth-order valence-corrected chi connectivity index (χ4v) is 4.69. The van der Waals surface area contributed by atoms with Crippen LogP contribution in [0.3, 0.4) is 0 Å². The summed E-state index contributed by atoms with van der Waals surface area (Å²) in [7, 11) is -9.92. The highest BCUT2D eigenvalue weighted by Crippen LogP contribution is 3.02. The molecule has 2 aromatic carbocycles. The molecule has 0 radical (unpaired) electrons. The summed E-state index contributed by atoms with van der Waals surface area (Å²) in [5.74, 6) is -5.18. The minimum absolute atomic E-state index is 0.0891. The number of nitrogens with zero attached hydrogens (tertiary/aromatic N) is 2. The van der Waals surface area contributed by atoms with Crippen molar-refractivity contribution < 1.29 is 42.9 Å². The van der Waals surface area contributed by atoms with Crippen molar-refractivity contribution >= 4 is 27.7 Å². The number of nitrogens with one attached hydrogen (secondary N) is 1. The minimum atomic E-state index is -9.92. The molecule has 2 aliphatic rings. The number of fused-ring (bicyclic) bond motifs is 1. The molecule has 2 aromatic rings. The molecule has 1 atom stereocenters. The lowest BCUT2D eigenvalue weighted by atomic mass is 10.0. The molecule has 2 amide bonds. The molecule has 2 N–H and O–H groups in total. The van der Waals surface area contributed by atoms with Gasteiger partial charge in [0.05, 0.1) is 12.6 Å². The van der Waals surface area contributed by atoms with Gasteiger partial charge in [-0.25, -0.2) is 13.8 Å². The number of halogens is 7. The van der Waals surface area contributed by atoms with E-state index in [4.69, 9.17) is 0 Å². The van der Waals surface area contributed by atoms with E-state index in [-0.39, 0.29) is 29.9 Å². The molecule has 0 aliphatic carbocycles. The summed E-state index contributed by atoms with van der Waals surface area (Å²) in [4.78, 5) is 23.8. The van der Waals surface area contributed by atoms with Crippen LogP contribution in [-0.2, 0) is 16.1 Å². The average molecular weight is 525 g/mol. The Kier molecular flexibility index (Phi) is 5.41. The van der Waals surface area contributed by atoms with E-state index in [0.717, 1.165) is 11.1 Å². The topological polar surface area (TPSA) is 72.9 Å². The number of aliphatic hydroxyl groups is 1. The number of anilines is 1. The monoisotopic (exact) mass is 525 g/mol. The summed E-state index contributed by atoms with van der Waals surface area (Å²) in [6.45, 7) is -0.177. The first kappa shape index (κ1) is 24.9. The number of hydrogen-bond acceptors (Lipinski definition) is 4. The van der Waals surface area contributed by atoms with Crippen LogP contribution in [0.4, 0.5) is 33.9 Å². The molecule has 0 unspecified atom stereocenters. The van der Waals surface area contributed by atoms with E-state index in [2.05, 4.69) is 5.32 Å². The molecular formula is C21H18F7N3O3S. The molecule has 2 heterocycles. The van der Waals surface area contributed by atoms with Crippen molar-refractivity contribution in [3.63, 3.8) is 0 Å². The molecule has 14 heteroatoms. The third-order valence-corrected chi connectivity index (χ3v) is 6.85. The Morgan fingerprint density at radius 3 is 2.34 bits per heavy atom. The van der Waals surface area contributed by atoms with Crippen molar-refractivity contribution in [2.45, 2.75) is 30.3 Å². The molecule has 4 rings (SSSR count). The van der Waals surface area contributed by atoms with Crippen LogP contribution in [0.25, 0.3) is 0 Å². The quantitative estimate of drug-likeness (QED) is 0.383. The van der Waals surface area contributed by atoms with Gasteiger partial charge >= 0.3 is 10.2 Å². The number of carbonyl (C=O) groups excluding carboxylic acids is 2. The molecular weight excluding hydrogens is 507 g/mol. The number of hydrogen-bond donors (Lipinski definition) is 2. The zero-order valence-electron chi connectivity index (χ0n) is 17.7. The number of aliphatic hydroxyl groups excluding tert-OH is 1. The van der Waals surface area contributed by atoms with E-state index in [1.165, 1.54) is 17.1 Å². The Balaban J connectivity index is 1.62. The molecule has 6 nitrogen and oxygen atoms in total. The SMILES string of the molecule is O=C(Nc1ccc(S(F)(F)(F)(F)F)cc1)C1=C(O)[C@@H]2CCCN2N(Cc2cccc(F)c2F)C1=O. The van der Waals surface area contributed by atoms with Gasteiger partial charge in [-0.3, -0.25) is 14.6 Å². The number of amides is 2. The van der Waals surface area contributed by atoms with Gasteiger partial charge in [-0.05, 0) is 43.2 Å². The highest BCUT2D eigenvalue weighted by Gasteiger charge is 2.65. The Labute approximate surface area is 194 Å². The standard InChI is InChI=1S/C21H18F7N3O3S/c22-15-4-1-3-12(18(15)23)11-31-21(34)17(19(32)16-5-2-10-30(16)31)20(33)29-13-6-8-14(9-7-13)35(24,25,26,27)28/h1,3-4,6-9,16,32H,2,5,10-11H2,(H,29,33)/t16-/m0/s1. The Morgan fingerprint density at radius 1 is 1.06 bits per heavy atom. The summed E-state index contributed by atoms with van der Waals surface area (Å²) in [6, 6.07) is 3.89. The van der Waals surface area contributed by atoms with Crippen LogP contribution in [-0.4, -0.2) is 39.5 Å². The third kappa shape index (κ3) is 4.80. The van der Waals surface area contributed by atoms with E-state index >= 15 is 0 Å². The second kappa shape index (κ2) is 7.62. The minimum Gasteiger partial charge on any atom is -0.510 e. The van der Waals surface area contributed by atoms with E-state index in [0.29, 0.717) is 25.0 Å². The van der Waals surface area contributed by atoms with Gasteiger partial charge in [0.1, 0.15) is 16.2 Å². The van der Waals surface area contributed by atoms with Crippen LogP contribution in [0.5, 0.6) is 0 Å². The molecule has 0 spiro atoms. The van der Waals surface area contributed by atoms with Crippen molar-refractivity contribution in [3.05, 3.63) is 71.0 Å². The molecule has 190 valence electrons. The van der Waals surface area contributed by atoms with Gasteiger partial charge in [0, 0.05) is 17.8 Å². The summed E-state index contributed by atoms with van der Waals surface area (Å²) >= 11 is 0. The van der Waals surface area contributed by atoms with Gasteiger partial charge in [0.15, 0.2) is 11.6 Å². The lowest BCUT2D eigenvalue weighted by Gasteiger charge is -2.40. The predicted molar refractivity (Wildman–Crippen MR) is 113 cm³/mol. The Morgan fingerprint density at radius 2 is 1.71 bits per heavy atom. The van der Waals surface area contributed by atoms with Gasteiger partial charge in [0.2, 0.25) is 0 Å². The summed E-state index contributed by atoms with van der Waals surface area (Å²) < 4.78 is 92.4. The van der Waals surface area contributed by atoms with Gasteiger partial charge in [-0.1, -0.05) is 31.6 Å². The second-order valence-corrected chi connectivity index (χ2v) is 10.5. The maximum absolute atomic E-state index is 14.2. The van der Waals surface area contributed by atoms with Crippen molar-refractivity contribution in [3.8, 4) is 0 Å². The number of benzene rings is 2. The zero-order chi connectivity index (χ0) is 25.8. The number of hydrazine groups is 1. The van der Waals surface area contributed by atoms with Crippen LogP contribution >= 0.6 is 10.2 Å². The third-order valence-electron chi connectivity index (χ3n) is 5.69. The van der Waals surface area contributed by atoms with Crippen molar-refractivity contribution in [1.82, 2.24) is 10.0 Å². The second-order valence-electron chi connectivity index (χ2n) is 8.10. The Bertz CT molecular complexity index is 1250. The number of rotatable bonds is 5. The van der Waals surface area contributed by atoms with Crippen LogP contribution in [0.15, 0.2) is 58.7 Å². The van der Waals surface area contributed by atoms with Crippen molar-refractivity contribution in [1.29, 1.82) is 0 Å². The molecule has 35 heavy (non-hydrogen) atoms. The maximum atomic E-state index is 14.2. The first-order valence-corrected chi connectivity index (χ1v) is 12.1.